The average Bonchev–Trinajstić information content (AvgIpc) is 2.40. The molecule has 0 aromatic rings. The van der Waals surface area contributed by atoms with E-state index in [4.69, 9.17) is 4.43 Å². The van der Waals surface area contributed by atoms with Crippen LogP contribution in [-0.4, -0.2) is 37.3 Å². The minimum Gasteiger partial charge on any atom is -0.413 e. The van der Waals surface area contributed by atoms with E-state index < -0.39 is 14.4 Å². The molecule has 0 aromatic carbocycles. The number of hydrogen-bond acceptors (Lipinski definition) is 3. The first-order valence-corrected chi connectivity index (χ1v) is 10.9. The van der Waals surface area contributed by atoms with Crippen molar-refractivity contribution in [3.05, 3.63) is 12.7 Å². The van der Waals surface area contributed by atoms with Crippen LogP contribution in [-0.2, 0) is 4.43 Å². The van der Waals surface area contributed by atoms with Crippen LogP contribution in [0, 0.1) is 17.8 Å². The van der Waals surface area contributed by atoms with Crippen LogP contribution in [0.15, 0.2) is 12.7 Å². The van der Waals surface area contributed by atoms with Crippen molar-refractivity contribution in [2.45, 2.75) is 71.9 Å². The molecule has 0 aromatic heterocycles. The lowest BCUT2D eigenvalue weighted by Crippen LogP contribution is -2.50. The zero-order chi connectivity index (χ0) is 17.0. The Balaban J connectivity index is 5.27. The molecule has 0 saturated carbocycles. The Hall–Kier alpha value is -0.163. The predicted molar refractivity (Wildman–Crippen MR) is 92.9 cm³/mol. The van der Waals surface area contributed by atoms with Gasteiger partial charge < -0.3 is 14.6 Å². The van der Waals surface area contributed by atoms with E-state index in [1.54, 1.807) is 6.08 Å². The van der Waals surface area contributed by atoms with E-state index in [0.29, 0.717) is 0 Å². The maximum Gasteiger partial charge on any atom is 0.192 e. The first-order valence-electron chi connectivity index (χ1n) is 7.98. The molecule has 0 unspecified atom stereocenters. The normalized spacial score (nSPS) is 20.5. The van der Waals surface area contributed by atoms with E-state index >= 15 is 0 Å². The molecule has 0 saturated heterocycles. The molecular weight excluding hydrogens is 280 g/mol. The van der Waals surface area contributed by atoms with Gasteiger partial charge in [-0.3, -0.25) is 0 Å². The van der Waals surface area contributed by atoms with Crippen molar-refractivity contribution in [1.82, 2.24) is 0 Å². The van der Waals surface area contributed by atoms with Crippen molar-refractivity contribution in [2.24, 2.45) is 17.8 Å². The van der Waals surface area contributed by atoms with Gasteiger partial charge in [-0.25, -0.2) is 0 Å². The van der Waals surface area contributed by atoms with Gasteiger partial charge in [0.2, 0.25) is 0 Å². The van der Waals surface area contributed by atoms with Crippen LogP contribution in [0.1, 0.15) is 41.5 Å². The third-order valence-corrected chi connectivity index (χ3v) is 9.53. The summed E-state index contributed by atoms with van der Waals surface area (Å²) in [5.74, 6) is -0.0357. The Morgan fingerprint density at radius 2 is 1.67 bits per heavy atom. The van der Waals surface area contributed by atoms with Crippen LogP contribution >= 0.6 is 0 Å². The zero-order valence-electron chi connectivity index (χ0n) is 15.2. The lowest BCUT2D eigenvalue weighted by molar-refractivity contribution is -0.0243. The molecule has 0 heterocycles. The summed E-state index contributed by atoms with van der Waals surface area (Å²) in [5.41, 5.74) is 0. The summed E-state index contributed by atoms with van der Waals surface area (Å²) < 4.78 is 6.52. The fourth-order valence-corrected chi connectivity index (χ4v) is 3.66. The number of aliphatic hydroxyl groups excluding tert-OH is 2. The summed E-state index contributed by atoms with van der Waals surface area (Å²) in [6.07, 6.45) is 1.12. The Kier molecular flexibility index (Phi) is 7.85. The fraction of sp³-hybridized carbons (Fsp3) is 0.882. The van der Waals surface area contributed by atoms with E-state index in [1.165, 1.54) is 0 Å². The van der Waals surface area contributed by atoms with E-state index in [-0.39, 0.29) is 35.5 Å². The number of rotatable bonds is 8. The molecule has 0 aliphatic heterocycles. The summed E-state index contributed by atoms with van der Waals surface area (Å²) in [7, 11) is -1.95. The van der Waals surface area contributed by atoms with Crippen molar-refractivity contribution >= 4 is 8.32 Å². The lowest BCUT2D eigenvalue weighted by atomic mass is 9.84. The first-order chi connectivity index (χ1) is 9.39. The predicted octanol–water partition coefficient (Wildman–Crippen LogP) is 3.82. The van der Waals surface area contributed by atoms with E-state index in [2.05, 4.69) is 40.4 Å². The second-order valence-electron chi connectivity index (χ2n) is 7.95. The Bertz CT molecular complexity index is 322. The van der Waals surface area contributed by atoms with E-state index in [9.17, 15) is 10.2 Å². The maximum absolute atomic E-state index is 10.5. The van der Waals surface area contributed by atoms with Crippen molar-refractivity contribution in [3.8, 4) is 0 Å². The topological polar surface area (TPSA) is 49.7 Å². The van der Waals surface area contributed by atoms with Gasteiger partial charge in [-0.05, 0) is 18.1 Å². The number of aliphatic hydroxyl groups is 2. The molecule has 0 radical (unpaired) electrons. The minimum absolute atomic E-state index is 0.000732. The minimum atomic E-state index is -1.95. The molecule has 0 amide bonds. The van der Waals surface area contributed by atoms with Crippen LogP contribution in [0.2, 0.25) is 18.1 Å². The molecule has 5 atom stereocenters. The summed E-state index contributed by atoms with van der Waals surface area (Å²) in [5, 5.41) is 20.2. The highest BCUT2D eigenvalue weighted by Crippen LogP contribution is 2.39. The summed E-state index contributed by atoms with van der Waals surface area (Å²) in [6, 6.07) is 0. The highest BCUT2D eigenvalue weighted by Gasteiger charge is 2.42. The Morgan fingerprint density at radius 3 is 2.00 bits per heavy atom. The molecule has 0 rings (SSSR count). The standard InChI is InChI=1S/C17H36O3Si/c1-10-12(2)15(19)14(4)16(13(3)11-18)20-21(8,9)17(5,6)7/h10,12-16,18-19H,1,11H2,2-9H3/t12-,13-,14+,15-,16-/m0/s1. The van der Waals surface area contributed by atoms with Gasteiger partial charge in [-0.1, -0.05) is 47.6 Å². The van der Waals surface area contributed by atoms with Gasteiger partial charge in [0.15, 0.2) is 8.32 Å². The van der Waals surface area contributed by atoms with Crippen molar-refractivity contribution in [2.75, 3.05) is 6.61 Å². The Morgan fingerprint density at radius 1 is 1.19 bits per heavy atom. The van der Waals surface area contributed by atoms with Gasteiger partial charge >= 0.3 is 0 Å². The third-order valence-electron chi connectivity index (χ3n) is 5.05. The average molecular weight is 317 g/mol. The second kappa shape index (κ2) is 7.91. The van der Waals surface area contributed by atoms with Gasteiger partial charge in [-0.2, -0.15) is 0 Å². The fourth-order valence-electron chi connectivity index (χ4n) is 2.18. The quantitative estimate of drug-likeness (QED) is 0.528. The molecule has 0 bridgehead atoms. The highest BCUT2D eigenvalue weighted by atomic mass is 28.4. The van der Waals surface area contributed by atoms with Crippen molar-refractivity contribution < 1.29 is 14.6 Å². The molecule has 126 valence electrons. The largest absolute Gasteiger partial charge is 0.413 e. The summed E-state index contributed by atoms with van der Waals surface area (Å²) in [6.45, 7) is 20.8. The van der Waals surface area contributed by atoms with Crippen LogP contribution < -0.4 is 0 Å². The van der Waals surface area contributed by atoms with Crippen molar-refractivity contribution in [1.29, 1.82) is 0 Å². The van der Waals surface area contributed by atoms with Crippen LogP contribution in [0.3, 0.4) is 0 Å². The smallest absolute Gasteiger partial charge is 0.192 e. The summed E-state index contributed by atoms with van der Waals surface area (Å²) >= 11 is 0. The molecule has 0 fully saturated rings. The molecule has 3 nitrogen and oxygen atoms in total. The lowest BCUT2D eigenvalue weighted by Gasteiger charge is -2.44. The van der Waals surface area contributed by atoms with Gasteiger partial charge in [0, 0.05) is 24.4 Å². The molecule has 21 heavy (non-hydrogen) atoms. The second-order valence-corrected chi connectivity index (χ2v) is 12.7. The molecular formula is C17H36O3Si. The van der Waals surface area contributed by atoms with E-state index in [1.807, 2.05) is 20.8 Å². The molecule has 0 spiro atoms. The maximum atomic E-state index is 10.5. The third kappa shape index (κ3) is 5.51. The zero-order valence-corrected chi connectivity index (χ0v) is 16.2. The van der Waals surface area contributed by atoms with Gasteiger partial charge in [0.05, 0.1) is 12.2 Å². The van der Waals surface area contributed by atoms with Gasteiger partial charge in [0.1, 0.15) is 0 Å². The highest BCUT2D eigenvalue weighted by molar-refractivity contribution is 6.74. The molecule has 0 aliphatic carbocycles. The molecule has 2 N–H and O–H groups in total. The Labute approximate surface area is 132 Å². The molecule has 4 heteroatoms. The van der Waals surface area contributed by atoms with E-state index in [0.717, 1.165) is 0 Å². The van der Waals surface area contributed by atoms with Gasteiger partial charge in [-0.15, -0.1) is 6.58 Å². The SMILES string of the molecule is C=C[C@H](C)[C@H](O)[C@@H](C)[C@@H](O[Si](C)(C)C(C)(C)C)[C@@H](C)CO. The first kappa shape index (κ1) is 20.8. The van der Waals surface area contributed by atoms with Gasteiger partial charge in [0.25, 0.3) is 0 Å². The van der Waals surface area contributed by atoms with Crippen LogP contribution in [0.4, 0.5) is 0 Å². The molecule has 0 aliphatic rings. The number of hydrogen-bond donors (Lipinski definition) is 2. The summed E-state index contributed by atoms with van der Waals surface area (Å²) in [4.78, 5) is 0. The monoisotopic (exact) mass is 316 g/mol. The van der Waals surface area contributed by atoms with Crippen molar-refractivity contribution in [3.63, 3.8) is 0 Å². The van der Waals surface area contributed by atoms with Crippen LogP contribution in [0.25, 0.3) is 0 Å². The van der Waals surface area contributed by atoms with Crippen LogP contribution in [0.5, 0.6) is 0 Å².